The van der Waals surface area contributed by atoms with Crippen LogP contribution in [0.15, 0.2) is 53.6 Å². The zero-order chi connectivity index (χ0) is 14.0. The van der Waals surface area contributed by atoms with Crippen molar-refractivity contribution in [3.05, 3.63) is 54.7 Å². The van der Waals surface area contributed by atoms with Crippen LogP contribution in [0.5, 0.6) is 0 Å². The summed E-state index contributed by atoms with van der Waals surface area (Å²) < 4.78 is 5.38. The first-order chi connectivity index (χ1) is 9.76. The molecule has 0 bridgehead atoms. The molecular weight excluding hydrogens is 252 g/mol. The summed E-state index contributed by atoms with van der Waals surface area (Å²) in [6.45, 7) is 4.08. The van der Waals surface area contributed by atoms with E-state index >= 15 is 0 Å². The van der Waals surface area contributed by atoms with Gasteiger partial charge >= 0.3 is 0 Å². The van der Waals surface area contributed by atoms with Crippen molar-refractivity contribution in [2.45, 2.75) is 18.3 Å². The molecule has 1 fully saturated rings. The maximum Gasteiger partial charge on any atom is 0.232 e. The molecule has 1 heterocycles. The molecule has 3 rings (SSSR count). The van der Waals surface area contributed by atoms with Crippen molar-refractivity contribution in [3.63, 3.8) is 0 Å². The second-order valence-electron chi connectivity index (χ2n) is 5.02. The number of hydrogen-bond acceptors (Lipinski definition) is 3. The van der Waals surface area contributed by atoms with Crippen LogP contribution < -0.4 is 5.32 Å². The standard InChI is InChI=1S/C16H16N2O2/c1-2-10-17-15(19)16(8-9-16)14-11-13(20-18-14)12-6-4-3-5-7-12/h2-7,11H,1,8-10H2,(H,17,19). The maximum absolute atomic E-state index is 12.2. The maximum atomic E-state index is 12.2. The number of rotatable bonds is 5. The van der Waals surface area contributed by atoms with Gasteiger partial charge in [-0.25, -0.2) is 0 Å². The lowest BCUT2D eigenvalue weighted by atomic mass is 10.0. The lowest BCUT2D eigenvalue weighted by Gasteiger charge is -2.10. The molecule has 2 aromatic rings. The minimum Gasteiger partial charge on any atom is -0.356 e. The molecule has 4 heteroatoms. The Morgan fingerprint density at radius 1 is 1.40 bits per heavy atom. The molecule has 1 saturated carbocycles. The minimum absolute atomic E-state index is 0.00492. The van der Waals surface area contributed by atoms with E-state index in [2.05, 4.69) is 17.1 Å². The van der Waals surface area contributed by atoms with Gasteiger partial charge in [0.15, 0.2) is 5.76 Å². The largest absolute Gasteiger partial charge is 0.356 e. The number of hydrogen-bond donors (Lipinski definition) is 1. The number of amides is 1. The van der Waals surface area contributed by atoms with Crippen LogP contribution in [0.25, 0.3) is 11.3 Å². The third-order valence-electron chi connectivity index (χ3n) is 3.65. The van der Waals surface area contributed by atoms with Gasteiger partial charge in [0, 0.05) is 18.2 Å². The van der Waals surface area contributed by atoms with Gasteiger partial charge in [0.05, 0.1) is 11.1 Å². The highest BCUT2D eigenvalue weighted by Crippen LogP contribution is 2.48. The summed E-state index contributed by atoms with van der Waals surface area (Å²) in [6, 6.07) is 11.6. The number of aromatic nitrogens is 1. The Balaban J connectivity index is 1.83. The number of benzene rings is 1. The molecule has 0 atom stereocenters. The molecule has 1 aliphatic rings. The van der Waals surface area contributed by atoms with Crippen molar-refractivity contribution in [1.82, 2.24) is 10.5 Å². The monoisotopic (exact) mass is 268 g/mol. The van der Waals surface area contributed by atoms with Gasteiger partial charge in [-0.3, -0.25) is 4.79 Å². The van der Waals surface area contributed by atoms with E-state index in [1.807, 2.05) is 36.4 Å². The van der Waals surface area contributed by atoms with Crippen molar-refractivity contribution < 1.29 is 9.32 Å². The van der Waals surface area contributed by atoms with Crippen molar-refractivity contribution >= 4 is 5.91 Å². The SMILES string of the molecule is C=CCNC(=O)C1(c2cc(-c3ccccc3)on2)CC1. The number of nitrogens with one attached hydrogen (secondary N) is 1. The van der Waals surface area contributed by atoms with E-state index in [0.29, 0.717) is 12.3 Å². The van der Waals surface area contributed by atoms with Crippen LogP contribution in [0.1, 0.15) is 18.5 Å². The van der Waals surface area contributed by atoms with Crippen molar-refractivity contribution in [3.8, 4) is 11.3 Å². The molecule has 1 aromatic carbocycles. The molecule has 4 nitrogen and oxygen atoms in total. The van der Waals surface area contributed by atoms with E-state index in [1.54, 1.807) is 6.08 Å². The Labute approximate surface area is 117 Å². The quantitative estimate of drug-likeness (QED) is 0.848. The van der Waals surface area contributed by atoms with Crippen LogP contribution >= 0.6 is 0 Å². The summed E-state index contributed by atoms with van der Waals surface area (Å²) in [5.74, 6) is 0.703. The van der Waals surface area contributed by atoms with E-state index in [0.717, 1.165) is 24.1 Å². The van der Waals surface area contributed by atoms with E-state index in [9.17, 15) is 4.79 Å². The summed E-state index contributed by atoms with van der Waals surface area (Å²) in [4.78, 5) is 12.2. The van der Waals surface area contributed by atoms with Gasteiger partial charge in [0.1, 0.15) is 0 Å². The van der Waals surface area contributed by atoms with Gasteiger partial charge < -0.3 is 9.84 Å². The zero-order valence-electron chi connectivity index (χ0n) is 11.1. The summed E-state index contributed by atoms with van der Waals surface area (Å²) in [5, 5.41) is 6.94. The molecule has 1 N–H and O–H groups in total. The average molecular weight is 268 g/mol. The van der Waals surface area contributed by atoms with Gasteiger partial charge in [0.25, 0.3) is 0 Å². The normalized spacial score (nSPS) is 15.6. The average Bonchev–Trinajstić information content (AvgIpc) is 3.16. The van der Waals surface area contributed by atoms with Crippen molar-refractivity contribution in [2.24, 2.45) is 0 Å². The number of carbonyl (C=O) groups is 1. The second-order valence-corrected chi connectivity index (χ2v) is 5.02. The van der Waals surface area contributed by atoms with E-state index in [-0.39, 0.29) is 5.91 Å². The molecule has 1 aliphatic carbocycles. The molecule has 0 aliphatic heterocycles. The highest BCUT2D eigenvalue weighted by molar-refractivity contribution is 5.91. The van der Waals surface area contributed by atoms with Crippen LogP contribution in [0.4, 0.5) is 0 Å². The summed E-state index contributed by atoms with van der Waals surface area (Å²) in [6.07, 6.45) is 3.31. The lowest BCUT2D eigenvalue weighted by molar-refractivity contribution is -0.123. The third kappa shape index (κ3) is 2.13. The molecular formula is C16H16N2O2. The van der Waals surface area contributed by atoms with E-state index in [1.165, 1.54) is 0 Å². The highest BCUT2D eigenvalue weighted by Gasteiger charge is 2.53. The van der Waals surface area contributed by atoms with Gasteiger partial charge in [-0.1, -0.05) is 41.6 Å². The van der Waals surface area contributed by atoms with Gasteiger partial charge in [-0.05, 0) is 12.8 Å². The predicted molar refractivity (Wildman–Crippen MR) is 76.1 cm³/mol. The number of carbonyl (C=O) groups excluding carboxylic acids is 1. The predicted octanol–water partition coefficient (Wildman–Crippen LogP) is 2.68. The Bertz CT molecular complexity index is 627. The zero-order valence-corrected chi connectivity index (χ0v) is 11.1. The molecule has 0 saturated heterocycles. The molecule has 0 spiro atoms. The Morgan fingerprint density at radius 2 is 2.15 bits per heavy atom. The smallest absolute Gasteiger partial charge is 0.232 e. The molecule has 20 heavy (non-hydrogen) atoms. The van der Waals surface area contributed by atoms with Crippen molar-refractivity contribution in [2.75, 3.05) is 6.54 Å². The summed E-state index contributed by atoms with van der Waals surface area (Å²) in [5.41, 5.74) is 1.19. The first-order valence-corrected chi connectivity index (χ1v) is 6.68. The molecule has 1 aromatic heterocycles. The van der Waals surface area contributed by atoms with E-state index in [4.69, 9.17) is 4.52 Å². The minimum atomic E-state index is -0.500. The van der Waals surface area contributed by atoms with Crippen LogP contribution in [0, 0.1) is 0 Å². The van der Waals surface area contributed by atoms with Crippen LogP contribution in [0.2, 0.25) is 0 Å². The Morgan fingerprint density at radius 3 is 2.80 bits per heavy atom. The van der Waals surface area contributed by atoms with Crippen LogP contribution in [-0.2, 0) is 10.2 Å². The second kappa shape index (κ2) is 4.96. The Kier molecular flexibility index (Phi) is 3.14. The summed E-state index contributed by atoms with van der Waals surface area (Å²) >= 11 is 0. The fourth-order valence-electron chi connectivity index (χ4n) is 2.30. The van der Waals surface area contributed by atoms with E-state index < -0.39 is 5.41 Å². The van der Waals surface area contributed by atoms with Gasteiger partial charge in [-0.15, -0.1) is 6.58 Å². The molecule has 102 valence electrons. The first kappa shape index (κ1) is 12.7. The van der Waals surface area contributed by atoms with Crippen LogP contribution in [-0.4, -0.2) is 17.6 Å². The highest BCUT2D eigenvalue weighted by atomic mass is 16.5. The topological polar surface area (TPSA) is 55.1 Å². The number of nitrogens with zero attached hydrogens (tertiary/aromatic N) is 1. The van der Waals surface area contributed by atoms with Crippen molar-refractivity contribution in [1.29, 1.82) is 0 Å². The lowest BCUT2D eigenvalue weighted by Crippen LogP contribution is -2.34. The van der Waals surface area contributed by atoms with Crippen LogP contribution in [0.3, 0.4) is 0 Å². The third-order valence-corrected chi connectivity index (χ3v) is 3.65. The molecule has 0 unspecified atom stereocenters. The molecule has 1 amide bonds. The fraction of sp³-hybridized carbons (Fsp3) is 0.250. The first-order valence-electron chi connectivity index (χ1n) is 6.68. The fourth-order valence-corrected chi connectivity index (χ4v) is 2.30. The summed E-state index contributed by atoms with van der Waals surface area (Å²) in [7, 11) is 0. The molecule has 0 radical (unpaired) electrons. The van der Waals surface area contributed by atoms with Gasteiger partial charge in [-0.2, -0.15) is 0 Å². The van der Waals surface area contributed by atoms with Gasteiger partial charge in [0.2, 0.25) is 5.91 Å². The Hall–Kier alpha value is -2.36.